The zero-order valence-electron chi connectivity index (χ0n) is 11.3. The largest absolute Gasteiger partial charge is 0.416 e. The number of halogens is 3. The summed E-state index contributed by atoms with van der Waals surface area (Å²) in [5, 5.41) is 3.46. The predicted octanol–water partition coefficient (Wildman–Crippen LogP) is 4.54. The van der Waals surface area contributed by atoms with E-state index in [4.69, 9.17) is 0 Å². The highest BCUT2D eigenvalue weighted by molar-refractivity contribution is 5.27. The number of hydrogen-bond acceptors (Lipinski definition) is 1. The molecule has 1 N–H and O–H groups in total. The third-order valence-electron chi connectivity index (χ3n) is 3.81. The zero-order valence-corrected chi connectivity index (χ0v) is 11.3. The van der Waals surface area contributed by atoms with Crippen molar-refractivity contribution in [1.29, 1.82) is 0 Å². The van der Waals surface area contributed by atoms with Crippen LogP contribution in [0.2, 0.25) is 0 Å². The Morgan fingerprint density at radius 1 is 1.32 bits per heavy atom. The first-order valence-electron chi connectivity index (χ1n) is 6.85. The maximum atomic E-state index is 12.7. The lowest BCUT2D eigenvalue weighted by Gasteiger charge is -2.23. The minimum Gasteiger partial charge on any atom is -0.307 e. The van der Waals surface area contributed by atoms with Crippen molar-refractivity contribution in [2.24, 2.45) is 5.92 Å². The summed E-state index contributed by atoms with van der Waals surface area (Å²) < 4.78 is 38.0. The van der Waals surface area contributed by atoms with Crippen molar-refractivity contribution < 1.29 is 13.2 Å². The average molecular weight is 271 g/mol. The summed E-state index contributed by atoms with van der Waals surface area (Å²) in [6.07, 6.45) is -0.772. The molecule has 1 aromatic carbocycles. The van der Waals surface area contributed by atoms with Crippen LogP contribution in [-0.2, 0) is 6.18 Å². The van der Waals surface area contributed by atoms with Crippen LogP contribution in [0.3, 0.4) is 0 Å². The molecule has 1 fully saturated rings. The summed E-state index contributed by atoms with van der Waals surface area (Å²) in [6.45, 7) is 4.05. The molecular formula is C15H20F3N. The van der Waals surface area contributed by atoms with Crippen molar-refractivity contribution in [2.45, 2.75) is 51.4 Å². The van der Waals surface area contributed by atoms with E-state index in [2.05, 4.69) is 12.2 Å². The smallest absolute Gasteiger partial charge is 0.307 e. The highest BCUT2D eigenvalue weighted by Crippen LogP contribution is 2.35. The van der Waals surface area contributed by atoms with E-state index < -0.39 is 11.7 Å². The second kappa shape index (κ2) is 5.53. The van der Waals surface area contributed by atoms with Crippen LogP contribution in [0.15, 0.2) is 24.3 Å². The number of rotatable bonds is 5. The van der Waals surface area contributed by atoms with E-state index in [1.807, 2.05) is 6.92 Å². The second-order valence-electron chi connectivity index (χ2n) is 5.36. The lowest BCUT2D eigenvalue weighted by Crippen LogP contribution is -2.32. The number of hydrogen-bond donors (Lipinski definition) is 1. The topological polar surface area (TPSA) is 12.0 Å². The molecular weight excluding hydrogens is 251 g/mol. The van der Waals surface area contributed by atoms with Crippen molar-refractivity contribution in [2.75, 3.05) is 0 Å². The molecule has 106 valence electrons. The lowest BCUT2D eigenvalue weighted by atomic mass is 10.0. The van der Waals surface area contributed by atoms with Gasteiger partial charge in [0.1, 0.15) is 0 Å². The summed E-state index contributed by atoms with van der Waals surface area (Å²) in [7, 11) is 0. The van der Waals surface area contributed by atoms with Crippen LogP contribution in [0.1, 0.15) is 50.3 Å². The molecule has 0 aromatic heterocycles. The first-order valence-corrected chi connectivity index (χ1v) is 6.85. The maximum Gasteiger partial charge on any atom is 0.416 e. The molecule has 0 saturated heterocycles. The molecule has 1 nitrogen and oxygen atoms in total. The molecule has 2 rings (SSSR count). The molecule has 19 heavy (non-hydrogen) atoms. The minimum atomic E-state index is -4.27. The molecule has 0 bridgehead atoms. The number of benzene rings is 1. The van der Waals surface area contributed by atoms with Crippen LogP contribution < -0.4 is 5.32 Å². The van der Waals surface area contributed by atoms with Gasteiger partial charge in [0.2, 0.25) is 0 Å². The fraction of sp³-hybridized carbons (Fsp3) is 0.600. The van der Waals surface area contributed by atoms with Crippen molar-refractivity contribution >= 4 is 0 Å². The highest BCUT2D eigenvalue weighted by atomic mass is 19.4. The molecule has 2 unspecified atom stereocenters. The Labute approximate surface area is 112 Å². The molecule has 1 aliphatic carbocycles. The van der Waals surface area contributed by atoms with Gasteiger partial charge in [-0.15, -0.1) is 0 Å². The van der Waals surface area contributed by atoms with Gasteiger partial charge in [0, 0.05) is 12.1 Å². The fourth-order valence-corrected chi connectivity index (χ4v) is 2.49. The molecule has 0 heterocycles. The molecule has 1 aromatic rings. The van der Waals surface area contributed by atoms with Crippen molar-refractivity contribution in [3.8, 4) is 0 Å². The standard InChI is InChI=1S/C15H20F3N/c1-3-14(11-7-8-11)19-10(2)12-5-4-6-13(9-12)15(16,17)18/h4-6,9-11,14,19H,3,7-8H2,1-2H3. The summed E-state index contributed by atoms with van der Waals surface area (Å²) in [4.78, 5) is 0. The molecule has 0 radical (unpaired) electrons. The quantitative estimate of drug-likeness (QED) is 0.828. The zero-order chi connectivity index (χ0) is 14.0. The summed E-state index contributed by atoms with van der Waals surface area (Å²) >= 11 is 0. The van der Waals surface area contributed by atoms with Crippen LogP contribution in [0, 0.1) is 5.92 Å². The van der Waals surface area contributed by atoms with Crippen molar-refractivity contribution in [3.05, 3.63) is 35.4 Å². The highest BCUT2D eigenvalue weighted by Gasteiger charge is 2.32. The summed E-state index contributed by atoms with van der Waals surface area (Å²) in [5.74, 6) is 0.707. The van der Waals surface area contributed by atoms with Gasteiger partial charge in [0.25, 0.3) is 0 Å². The molecule has 4 heteroatoms. The average Bonchev–Trinajstić information content (AvgIpc) is 3.19. The predicted molar refractivity (Wildman–Crippen MR) is 69.8 cm³/mol. The van der Waals surface area contributed by atoms with E-state index in [0.29, 0.717) is 17.5 Å². The Kier molecular flexibility index (Phi) is 4.19. The molecule has 1 aliphatic rings. The fourth-order valence-electron chi connectivity index (χ4n) is 2.49. The Morgan fingerprint density at radius 3 is 2.53 bits per heavy atom. The van der Waals surface area contributed by atoms with Gasteiger partial charge in [-0.1, -0.05) is 19.1 Å². The Bertz CT molecular complexity index is 424. The van der Waals surface area contributed by atoms with Crippen LogP contribution in [0.25, 0.3) is 0 Å². The van der Waals surface area contributed by atoms with Gasteiger partial charge in [-0.05, 0) is 49.8 Å². The van der Waals surface area contributed by atoms with Crippen molar-refractivity contribution in [3.63, 3.8) is 0 Å². The van der Waals surface area contributed by atoms with E-state index in [1.165, 1.54) is 25.0 Å². The first-order chi connectivity index (χ1) is 8.91. The van der Waals surface area contributed by atoms with E-state index in [1.54, 1.807) is 6.07 Å². The van der Waals surface area contributed by atoms with E-state index in [0.717, 1.165) is 12.5 Å². The van der Waals surface area contributed by atoms with E-state index in [-0.39, 0.29) is 6.04 Å². The van der Waals surface area contributed by atoms with Gasteiger partial charge >= 0.3 is 6.18 Å². The van der Waals surface area contributed by atoms with Gasteiger partial charge in [0.05, 0.1) is 5.56 Å². The van der Waals surface area contributed by atoms with Gasteiger partial charge in [0.15, 0.2) is 0 Å². The Morgan fingerprint density at radius 2 is 2.00 bits per heavy atom. The summed E-state index contributed by atoms with van der Waals surface area (Å²) in [6, 6.07) is 5.98. The maximum absolute atomic E-state index is 12.7. The number of nitrogens with one attached hydrogen (secondary N) is 1. The van der Waals surface area contributed by atoms with Crippen LogP contribution in [-0.4, -0.2) is 6.04 Å². The lowest BCUT2D eigenvalue weighted by molar-refractivity contribution is -0.137. The molecule has 2 atom stereocenters. The molecule has 0 aliphatic heterocycles. The van der Waals surface area contributed by atoms with E-state index in [9.17, 15) is 13.2 Å². The Balaban J connectivity index is 2.08. The van der Waals surface area contributed by atoms with Crippen LogP contribution >= 0.6 is 0 Å². The second-order valence-corrected chi connectivity index (χ2v) is 5.36. The van der Waals surface area contributed by atoms with Gasteiger partial charge in [-0.2, -0.15) is 13.2 Å². The normalized spacial score (nSPS) is 19.2. The number of alkyl halides is 3. The van der Waals surface area contributed by atoms with Gasteiger partial charge in [-0.3, -0.25) is 0 Å². The first kappa shape index (κ1) is 14.4. The summed E-state index contributed by atoms with van der Waals surface area (Å²) in [5.41, 5.74) is 0.132. The van der Waals surface area contributed by atoms with Crippen molar-refractivity contribution in [1.82, 2.24) is 5.32 Å². The monoisotopic (exact) mass is 271 g/mol. The Hall–Kier alpha value is -1.03. The molecule has 0 amide bonds. The van der Waals surface area contributed by atoms with E-state index >= 15 is 0 Å². The van der Waals surface area contributed by atoms with Crippen LogP contribution in [0.5, 0.6) is 0 Å². The van der Waals surface area contributed by atoms with Gasteiger partial charge < -0.3 is 5.32 Å². The third-order valence-corrected chi connectivity index (χ3v) is 3.81. The van der Waals surface area contributed by atoms with Crippen LogP contribution in [0.4, 0.5) is 13.2 Å². The molecule has 0 spiro atoms. The minimum absolute atomic E-state index is 0.0483. The third kappa shape index (κ3) is 3.72. The SMILES string of the molecule is CCC(NC(C)c1cccc(C(F)(F)F)c1)C1CC1. The molecule has 1 saturated carbocycles. The van der Waals surface area contributed by atoms with Gasteiger partial charge in [-0.25, -0.2) is 0 Å².